The summed E-state index contributed by atoms with van der Waals surface area (Å²) in [6.45, 7) is 3.76. The SMILES string of the molecule is COc1ccc(CCNS(=O)(=O)N2CCC[C@H](C)C2)cc1. The smallest absolute Gasteiger partial charge is 0.279 e. The van der Waals surface area contributed by atoms with Crippen LogP contribution in [0.15, 0.2) is 24.3 Å². The minimum Gasteiger partial charge on any atom is -0.497 e. The zero-order valence-electron chi connectivity index (χ0n) is 12.7. The molecule has 1 aliphatic heterocycles. The quantitative estimate of drug-likeness (QED) is 0.871. The van der Waals surface area contributed by atoms with Crippen molar-refractivity contribution in [3.63, 3.8) is 0 Å². The predicted octanol–water partition coefficient (Wildman–Crippen LogP) is 1.80. The molecule has 1 atom stereocenters. The Hall–Kier alpha value is -1.11. The van der Waals surface area contributed by atoms with Gasteiger partial charge < -0.3 is 4.74 Å². The van der Waals surface area contributed by atoms with E-state index in [-0.39, 0.29) is 0 Å². The van der Waals surface area contributed by atoms with Crippen molar-refractivity contribution in [1.82, 2.24) is 9.03 Å². The van der Waals surface area contributed by atoms with Gasteiger partial charge in [-0.1, -0.05) is 19.1 Å². The van der Waals surface area contributed by atoms with Crippen LogP contribution >= 0.6 is 0 Å². The number of hydrogen-bond acceptors (Lipinski definition) is 3. The maximum Gasteiger partial charge on any atom is 0.279 e. The van der Waals surface area contributed by atoms with Crippen LogP contribution in [0.3, 0.4) is 0 Å². The van der Waals surface area contributed by atoms with Crippen molar-refractivity contribution in [2.24, 2.45) is 5.92 Å². The van der Waals surface area contributed by atoms with Gasteiger partial charge in [-0.3, -0.25) is 0 Å². The maximum absolute atomic E-state index is 12.2. The first kappa shape index (κ1) is 16.3. The number of hydrogen-bond donors (Lipinski definition) is 1. The van der Waals surface area contributed by atoms with E-state index in [4.69, 9.17) is 4.74 Å². The summed E-state index contributed by atoms with van der Waals surface area (Å²) in [5.74, 6) is 1.25. The van der Waals surface area contributed by atoms with Crippen LogP contribution < -0.4 is 9.46 Å². The number of rotatable bonds is 6. The van der Waals surface area contributed by atoms with Crippen LogP contribution in [0.5, 0.6) is 5.75 Å². The summed E-state index contributed by atoms with van der Waals surface area (Å²) in [7, 11) is -1.71. The molecule has 0 unspecified atom stereocenters. The standard InChI is InChI=1S/C15H24N2O3S/c1-13-4-3-11-17(12-13)21(18,19)16-10-9-14-5-7-15(20-2)8-6-14/h5-8,13,16H,3-4,9-12H2,1-2H3/t13-/m0/s1. The van der Waals surface area contributed by atoms with Crippen LogP contribution in [0.25, 0.3) is 0 Å². The van der Waals surface area contributed by atoms with Crippen molar-refractivity contribution in [3.05, 3.63) is 29.8 Å². The van der Waals surface area contributed by atoms with Crippen molar-refractivity contribution >= 4 is 10.2 Å². The van der Waals surface area contributed by atoms with Gasteiger partial charge in [0.25, 0.3) is 10.2 Å². The Balaban J connectivity index is 1.83. The van der Waals surface area contributed by atoms with Gasteiger partial charge in [-0.25, -0.2) is 4.72 Å². The number of piperidine rings is 1. The van der Waals surface area contributed by atoms with Crippen molar-refractivity contribution in [3.8, 4) is 5.75 Å². The lowest BCUT2D eigenvalue weighted by Gasteiger charge is -2.29. The van der Waals surface area contributed by atoms with Gasteiger partial charge in [0.2, 0.25) is 0 Å². The highest BCUT2D eigenvalue weighted by Gasteiger charge is 2.26. The summed E-state index contributed by atoms with van der Waals surface area (Å²) in [5.41, 5.74) is 1.09. The Morgan fingerprint density at radius 3 is 2.67 bits per heavy atom. The minimum absolute atomic E-state index is 0.416. The summed E-state index contributed by atoms with van der Waals surface area (Å²) in [5, 5.41) is 0. The average Bonchev–Trinajstić information content (AvgIpc) is 2.48. The zero-order chi connectivity index (χ0) is 15.3. The number of nitrogens with one attached hydrogen (secondary N) is 1. The van der Waals surface area contributed by atoms with E-state index in [0.717, 1.165) is 24.2 Å². The Bertz CT molecular complexity index is 543. The topological polar surface area (TPSA) is 58.6 Å². The van der Waals surface area contributed by atoms with E-state index < -0.39 is 10.2 Å². The van der Waals surface area contributed by atoms with Crippen molar-refractivity contribution < 1.29 is 13.2 Å². The summed E-state index contributed by atoms with van der Waals surface area (Å²) in [6.07, 6.45) is 2.73. The number of ether oxygens (including phenoxy) is 1. The molecule has 0 aromatic heterocycles. The van der Waals surface area contributed by atoms with Crippen LogP contribution in [-0.4, -0.2) is 39.5 Å². The monoisotopic (exact) mass is 312 g/mol. The molecule has 1 aromatic rings. The first-order valence-electron chi connectivity index (χ1n) is 7.39. The van der Waals surface area contributed by atoms with Crippen LogP contribution in [0.2, 0.25) is 0 Å². The minimum atomic E-state index is -3.34. The van der Waals surface area contributed by atoms with Crippen molar-refractivity contribution in [2.75, 3.05) is 26.7 Å². The highest BCUT2D eigenvalue weighted by molar-refractivity contribution is 7.87. The van der Waals surface area contributed by atoms with Crippen molar-refractivity contribution in [1.29, 1.82) is 0 Å². The van der Waals surface area contributed by atoms with Gasteiger partial charge in [0, 0.05) is 19.6 Å². The molecule has 1 fully saturated rings. The fraction of sp³-hybridized carbons (Fsp3) is 0.600. The van der Waals surface area contributed by atoms with E-state index >= 15 is 0 Å². The Kier molecular flexibility index (Phi) is 5.61. The molecule has 118 valence electrons. The first-order chi connectivity index (χ1) is 10.0. The van der Waals surface area contributed by atoms with E-state index in [9.17, 15) is 8.42 Å². The lowest BCUT2D eigenvalue weighted by Crippen LogP contribution is -2.46. The summed E-state index contributed by atoms with van der Waals surface area (Å²) < 4.78 is 33.8. The number of nitrogens with zero attached hydrogens (tertiary/aromatic N) is 1. The van der Waals surface area contributed by atoms with Gasteiger partial charge in [0.1, 0.15) is 5.75 Å². The van der Waals surface area contributed by atoms with E-state index in [1.807, 2.05) is 24.3 Å². The van der Waals surface area contributed by atoms with Gasteiger partial charge in [-0.05, 0) is 42.9 Å². The fourth-order valence-corrected chi connectivity index (χ4v) is 3.94. The third-order valence-corrected chi connectivity index (χ3v) is 5.40. The second-order valence-electron chi connectivity index (χ2n) is 5.60. The summed E-state index contributed by atoms with van der Waals surface area (Å²) in [4.78, 5) is 0. The molecule has 1 aliphatic rings. The summed E-state index contributed by atoms with van der Waals surface area (Å²) >= 11 is 0. The third-order valence-electron chi connectivity index (χ3n) is 3.82. The normalized spacial score (nSPS) is 20.4. The molecule has 0 aliphatic carbocycles. The lowest BCUT2D eigenvalue weighted by atomic mass is 10.0. The second-order valence-corrected chi connectivity index (χ2v) is 7.36. The van der Waals surface area contributed by atoms with Gasteiger partial charge in [0.15, 0.2) is 0 Å². The molecular formula is C15H24N2O3S. The molecule has 2 rings (SSSR count). The van der Waals surface area contributed by atoms with Gasteiger partial charge in [-0.2, -0.15) is 12.7 Å². The Labute approximate surface area is 127 Å². The molecule has 1 N–H and O–H groups in total. The van der Waals surface area contributed by atoms with Crippen LogP contribution in [0, 0.1) is 5.92 Å². The highest BCUT2D eigenvalue weighted by atomic mass is 32.2. The third kappa shape index (κ3) is 4.69. The van der Waals surface area contributed by atoms with Gasteiger partial charge >= 0.3 is 0 Å². The van der Waals surface area contributed by atoms with E-state index in [0.29, 0.717) is 32.0 Å². The molecule has 21 heavy (non-hydrogen) atoms. The lowest BCUT2D eigenvalue weighted by molar-refractivity contribution is 0.278. The van der Waals surface area contributed by atoms with Crippen LogP contribution in [-0.2, 0) is 16.6 Å². The molecule has 0 amide bonds. The predicted molar refractivity (Wildman–Crippen MR) is 83.6 cm³/mol. The molecule has 0 spiro atoms. The first-order valence-corrected chi connectivity index (χ1v) is 8.83. The van der Waals surface area contributed by atoms with Crippen molar-refractivity contribution in [2.45, 2.75) is 26.2 Å². The average molecular weight is 312 g/mol. The van der Waals surface area contributed by atoms with Gasteiger partial charge in [-0.15, -0.1) is 0 Å². The highest BCUT2D eigenvalue weighted by Crippen LogP contribution is 2.17. The van der Waals surface area contributed by atoms with Crippen LogP contribution in [0.4, 0.5) is 0 Å². The molecule has 1 aromatic carbocycles. The Morgan fingerprint density at radius 2 is 2.05 bits per heavy atom. The molecule has 6 heteroatoms. The van der Waals surface area contributed by atoms with E-state index in [1.54, 1.807) is 11.4 Å². The van der Waals surface area contributed by atoms with E-state index in [1.165, 1.54) is 0 Å². The van der Waals surface area contributed by atoms with Crippen LogP contribution in [0.1, 0.15) is 25.3 Å². The molecule has 0 saturated carbocycles. The zero-order valence-corrected chi connectivity index (χ0v) is 13.5. The summed E-state index contributed by atoms with van der Waals surface area (Å²) in [6, 6.07) is 7.68. The molecule has 0 radical (unpaired) electrons. The molecule has 1 saturated heterocycles. The number of benzene rings is 1. The van der Waals surface area contributed by atoms with E-state index in [2.05, 4.69) is 11.6 Å². The molecule has 5 nitrogen and oxygen atoms in total. The Morgan fingerprint density at radius 1 is 1.33 bits per heavy atom. The number of methoxy groups -OCH3 is 1. The maximum atomic E-state index is 12.2. The fourth-order valence-electron chi connectivity index (χ4n) is 2.57. The largest absolute Gasteiger partial charge is 0.497 e. The van der Waals surface area contributed by atoms with Gasteiger partial charge in [0.05, 0.1) is 7.11 Å². The molecule has 0 bridgehead atoms. The second kappa shape index (κ2) is 7.24. The molecular weight excluding hydrogens is 288 g/mol. The molecule has 1 heterocycles.